The van der Waals surface area contributed by atoms with E-state index in [4.69, 9.17) is 9.05 Å². The van der Waals surface area contributed by atoms with Crippen LogP contribution in [0.25, 0.3) is 16.9 Å². The fourth-order valence-corrected chi connectivity index (χ4v) is 4.40. The highest BCUT2D eigenvalue weighted by atomic mass is 31.2. The Morgan fingerprint density at radius 2 is 1.65 bits per heavy atom. The van der Waals surface area contributed by atoms with E-state index in [2.05, 4.69) is 4.98 Å². The molecule has 2 aromatic heterocycles. The van der Waals surface area contributed by atoms with Crippen molar-refractivity contribution >= 4 is 18.7 Å². The summed E-state index contributed by atoms with van der Waals surface area (Å²) < 4.78 is 26.3. The Balaban J connectivity index is 2.31. The van der Waals surface area contributed by atoms with E-state index in [-0.39, 0.29) is 0 Å². The van der Waals surface area contributed by atoms with Crippen LogP contribution in [0, 0.1) is 0 Å². The normalized spacial score (nSPS) is 11.9. The third-order valence-electron chi connectivity index (χ3n) is 3.41. The SMILES string of the molecule is CCOP(=O)(OCC)c1c(-c2ccccc2)nc2ccccn12. The maximum atomic E-state index is 13.4. The van der Waals surface area contributed by atoms with Crippen LogP contribution < -0.4 is 5.44 Å². The molecule has 0 radical (unpaired) electrons. The minimum atomic E-state index is -3.47. The quantitative estimate of drug-likeness (QED) is 0.643. The number of fused-ring (bicyclic) bond motifs is 1. The topological polar surface area (TPSA) is 52.8 Å². The van der Waals surface area contributed by atoms with Gasteiger partial charge in [0, 0.05) is 11.8 Å². The first kappa shape index (κ1) is 15.9. The largest absolute Gasteiger partial charge is 0.380 e. The lowest BCUT2D eigenvalue weighted by Gasteiger charge is -2.18. The molecule has 0 saturated heterocycles. The first-order valence-corrected chi connectivity index (χ1v) is 9.16. The van der Waals surface area contributed by atoms with Gasteiger partial charge < -0.3 is 9.05 Å². The van der Waals surface area contributed by atoms with E-state index < -0.39 is 7.60 Å². The van der Waals surface area contributed by atoms with Crippen molar-refractivity contribution in [1.29, 1.82) is 0 Å². The Morgan fingerprint density at radius 3 is 2.30 bits per heavy atom. The van der Waals surface area contributed by atoms with E-state index in [1.807, 2.05) is 54.7 Å². The third kappa shape index (κ3) is 2.95. The second-order valence-electron chi connectivity index (χ2n) is 4.91. The molecule has 0 N–H and O–H groups in total. The number of rotatable bonds is 6. The molecule has 6 heteroatoms. The van der Waals surface area contributed by atoms with Crippen molar-refractivity contribution in [1.82, 2.24) is 9.38 Å². The molecule has 0 fully saturated rings. The summed E-state index contributed by atoms with van der Waals surface area (Å²) >= 11 is 0. The first-order chi connectivity index (χ1) is 11.2. The zero-order valence-electron chi connectivity index (χ0n) is 13.2. The van der Waals surface area contributed by atoms with E-state index in [0.717, 1.165) is 5.56 Å². The zero-order chi connectivity index (χ0) is 16.3. The van der Waals surface area contributed by atoms with Gasteiger partial charge in [-0.2, -0.15) is 0 Å². The molecule has 2 heterocycles. The number of aromatic nitrogens is 2. The van der Waals surface area contributed by atoms with Crippen molar-refractivity contribution in [3.63, 3.8) is 0 Å². The molecule has 0 amide bonds. The van der Waals surface area contributed by atoms with Crippen molar-refractivity contribution in [3.05, 3.63) is 54.7 Å². The number of hydrogen-bond acceptors (Lipinski definition) is 4. The molecule has 0 spiro atoms. The number of nitrogens with zero attached hydrogens (tertiary/aromatic N) is 2. The number of pyridine rings is 1. The Labute approximate surface area is 135 Å². The van der Waals surface area contributed by atoms with E-state index in [0.29, 0.717) is 30.0 Å². The molecule has 3 rings (SSSR count). The van der Waals surface area contributed by atoms with E-state index in [9.17, 15) is 4.57 Å². The van der Waals surface area contributed by atoms with Gasteiger partial charge in [-0.25, -0.2) is 4.98 Å². The smallest absolute Gasteiger partial charge is 0.304 e. The summed E-state index contributed by atoms with van der Waals surface area (Å²) in [5.74, 6) is 0. The number of benzene rings is 1. The van der Waals surface area contributed by atoms with E-state index in [1.165, 1.54) is 0 Å². The average Bonchev–Trinajstić information content (AvgIpc) is 2.96. The van der Waals surface area contributed by atoms with Gasteiger partial charge in [-0.15, -0.1) is 0 Å². The second kappa shape index (κ2) is 6.67. The van der Waals surface area contributed by atoms with Crippen LogP contribution in [0.15, 0.2) is 54.7 Å². The first-order valence-electron chi connectivity index (χ1n) is 7.61. The Bertz CT molecular complexity index is 835. The summed E-state index contributed by atoms with van der Waals surface area (Å²) in [7, 11) is -3.47. The predicted octanol–water partition coefficient (Wildman–Crippen LogP) is 3.89. The molecule has 0 unspecified atom stereocenters. The molecule has 23 heavy (non-hydrogen) atoms. The molecular formula is C17H19N2O3P. The average molecular weight is 330 g/mol. The minimum Gasteiger partial charge on any atom is -0.304 e. The summed E-state index contributed by atoms with van der Waals surface area (Å²) in [6.45, 7) is 4.20. The summed E-state index contributed by atoms with van der Waals surface area (Å²) in [5.41, 5.74) is 2.69. The monoisotopic (exact) mass is 330 g/mol. The number of hydrogen-bond donors (Lipinski definition) is 0. The lowest BCUT2D eigenvalue weighted by Crippen LogP contribution is -2.17. The lowest BCUT2D eigenvalue weighted by molar-refractivity contribution is 0.229. The third-order valence-corrected chi connectivity index (χ3v) is 5.55. The van der Waals surface area contributed by atoms with Crippen LogP contribution in [0.4, 0.5) is 0 Å². The Kier molecular flexibility index (Phi) is 4.62. The molecule has 0 saturated carbocycles. The molecule has 0 aliphatic carbocycles. The van der Waals surface area contributed by atoms with Gasteiger partial charge in [0.2, 0.25) is 0 Å². The highest BCUT2D eigenvalue weighted by Crippen LogP contribution is 2.49. The van der Waals surface area contributed by atoms with Crippen molar-refractivity contribution in [2.24, 2.45) is 0 Å². The zero-order valence-corrected chi connectivity index (χ0v) is 14.1. The van der Waals surface area contributed by atoms with Crippen LogP contribution in [-0.2, 0) is 13.6 Å². The van der Waals surface area contributed by atoms with Crippen molar-refractivity contribution < 1.29 is 13.6 Å². The standard InChI is InChI=1S/C17H19N2O3P/c1-3-21-23(20,22-4-2)17-16(14-10-6-5-7-11-14)18-15-12-8-9-13-19(15)17/h5-13H,3-4H2,1-2H3. The van der Waals surface area contributed by atoms with Gasteiger partial charge in [0.15, 0.2) is 5.44 Å². The van der Waals surface area contributed by atoms with Gasteiger partial charge in [0.1, 0.15) is 11.3 Å². The second-order valence-corrected chi connectivity index (χ2v) is 6.85. The lowest BCUT2D eigenvalue weighted by atomic mass is 10.2. The van der Waals surface area contributed by atoms with Crippen LogP contribution in [0.3, 0.4) is 0 Å². The molecule has 3 aromatic rings. The fraction of sp³-hybridized carbons (Fsp3) is 0.235. The predicted molar refractivity (Wildman–Crippen MR) is 91.1 cm³/mol. The van der Waals surface area contributed by atoms with Crippen LogP contribution in [0.1, 0.15) is 13.8 Å². The van der Waals surface area contributed by atoms with Gasteiger partial charge in [0.25, 0.3) is 0 Å². The highest BCUT2D eigenvalue weighted by molar-refractivity contribution is 7.62. The van der Waals surface area contributed by atoms with Crippen LogP contribution in [0.2, 0.25) is 0 Å². The molecular weight excluding hydrogens is 311 g/mol. The van der Waals surface area contributed by atoms with E-state index >= 15 is 0 Å². The van der Waals surface area contributed by atoms with Crippen molar-refractivity contribution in [3.8, 4) is 11.3 Å². The van der Waals surface area contributed by atoms with Crippen LogP contribution in [0.5, 0.6) is 0 Å². The van der Waals surface area contributed by atoms with Crippen LogP contribution in [-0.4, -0.2) is 22.6 Å². The summed E-state index contributed by atoms with van der Waals surface area (Å²) in [6.07, 6.45) is 1.83. The van der Waals surface area contributed by atoms with Crippen molar-refractivity contribution in [2.75, 3.05) is 13.2 Å². The molecule has 1 aromatic carbocycles. The minimum absolute atomic E-state index is 0.297. The van der Waals surface area contributed by atoms with Crippen LogP contribution >= 0.6 is 7.60 Å². The van der Waals surface area contributed by atoms with E-state index in [1.54, 1.807) is 18.2 Å². The molecule has 0 aliphatic heterocycles. The summed E-state index contributed by atoms with van der Waals surface area (Å²) in [5, 5.41) is 0. The molecule has 0 atom stereocenters. The maximum Gasteiger partial charge on any atom is 0.380 e. The number of imidazole rings is 1. The summed E-state index contributed by atoms with van der Waals surface area (Å²) in [4.78, 5) is 4.64. The fourth-order valence-electron chi connectivity index (χ4n) is 2.53. The van der Waals surface area contributed by atoms with Gasteiger partial charge >= 0.3 is 7.60 Å². The van der Waals surface area contributed by atoms with Gasteiger partial charge in [-0.3, -0.25) is 8.97 Å². The molecule has 0 aliphatic rings. The van der Waals surface area contributed by atoms with Gasteiger partial charge in [-0.1, -0.05) is 36.4 Å². The van der Waals surface area contributed by atoms with Gasteiger partial charge in [-0.05, 0) is 26.0 Å². The Morgan fingerprint density at radius 1 is 1.00 bits per heavy atom. The molecule has 0 bridgehead atoms. The van der Waals surface area contributed by atoms with Gasteiger partial charge in [0.05, 0.1) is 13.2 Å². The van der Waals surface area contributed by atoms with Crippen molar-refractivity contribution in [2.45, 2.75) is 13.8 Å². The highest BCUT2D eigenvalue weighted by Gasteiger charge is 2.35. The Hall–Kier alpha value is -1.94. The molecule has 5 nitrogen and oxygen atoms in total. The molecule has 120 valence electrons. The maximum absolute atomic E-state index is 13.4. The summed E-state index contributed by atoms with van der Waals surface area (Å²) in [6, 6.07) is 15.3.